The molecule has 126 valence electrons. The van der Waals surface area contributed by atoms with Gasteiger partial charge in [0.05, 0.1) is 0 Å². The number of hydrogen-bond donors (Lipinski definition) is 0. The van der Waals surface area contributed by atoms with E-state index in [1.165, 1.54) is 44.6 Å². The molecule has 1 unspecified atom stereocenters. The molecule has 0 saturated heterocycles. The van der Waals surface area contributed by atoms with Gasteiger partial charge in [0.25, 0.3) is 0 Å². The summed E-state index contributed by atoms with van der Waals surface area (Å²) in [6.07, 6.45) is 13.1. The zero-order valence-electron chi connectivity index (χ0n) is 14.5. The molecule has 1 rings (SSSR count). The van der Waals surface area contributed by atoms with E-state index in [9.17, 15) is 8.78 Å². The van der Waals surface area contributed by atoms with Crippen LogP contribution >= 0.6 is 0 Å². The molecule has 2 heteroatoms. The fourth-order valence-electron chi connectivity index (χ4n) is 3.63. The topological polar surface area (TPSA) is 0 Å². The fraction of sp³-hybridized carbons (Fsp3) is 0.700. The number of allylic oxidation sites excluding steroid dienone is 5. The Morgan fingerprint density at radius 1 is 1.23 bits per heavy atom. The van der Waals surface area contributed by atoms with Crippen molar-refractivity contribution in [3.63, 3.8) is 0 Å². The second-order valence-corrected chi connectivity index (χ2v) is 6.89. The third-order valence-electron chi connectivity index (χ3n) is 4.99. The van der Waals surface area contributed by atoms with Crippen LogP contribution in [-0.2, 0) is 0 Å². The summed E-state index contributed by atoms with van der Waals surface area (Å²) in [4.78, 5) is 0. The summed E-state index contributed by atoms with van der Waals surface area (Å²) in [5.41, 5.74) is 0.925. The van der Waals surface area contributed by atoms with Crippen LogP contribution in [0.4, 0.5) is 8.78 Å². The highest BCUT2D eigenvalue weighted by Crippen LogP contribution is 2.37. The van der Waals surface area contributed by atoms with Crippen molar-refractivity contribution in [2.24, 2.45) is 17.8 Å². The summed E-state index contributed by atoms with van der Waals surface area (Å²) in [5, 5.41) is 0. The molecule has 0 bridgehead atoms. The van der Waals surface area contributed by atoms with Crippen LogP contribution in [0.5, 0.6) is 0 Å². The predicted octanol–water partition coefficient (Wildman–Crippen LogP) is 7.29. The quantitative estimate of drug-likeness (QED) is 0.413. The van der Waals surface area contributed by atoms with Crippen LogP contribution < -0.4 is 0 Å². The van der Waals surface area contributed by atoms with Gasteiger partial charge in [-0.1, -0.05) is 45.8 Å². The Labute approximate surface area is 135 Å². The van der Waals surface area contributed by atoms with Crippen LogP contribution in [0.3, 0.4) is 0 Å². The summed E-state index contributed by atoms with van der Waals surface area (Å²) in [5.74, 6) is 0.194. The van der Waals surface area contributed by atoms with Gasteiger partial charge in [-0.2, -0.15) is 0 Å². The van der Waals surface area contributed by atoms with E-state index in [2.05, 4.69) is 20.4 Å². The molecule has 0 aromatic carbocycles. The van der Waals surface area contributed by atoms with E-state index in [0.29, 0.717) is 5.92 Å². The molecule has 1 aliphatic rings. The molecule has 1 aliphatic carbocycles. The van der Waals surface area contributed by atoms with Gasteiger partial charge >= 0.3 is 0 Å². The Balaban J connectivity index is 2.47. The Morgan fingerprint density at radius 2 is 1.86 bits per heavy atom. The second-order valence-electron chi connectivity index (χ2n) is 6.89. The van der Waals surface area contributed by atoms with Gasteiger partial charge in [0, 0.05) is 0 Å². The predicted molar refractivity (Wildman–Crippen MR) is 92.0 cm³/mol. The van der Waals surface area contributed by atoms with Crippen molar-refractivity contribution in [1.82, 2.24) is 0 Å². The first-order valence-electron chi connectivity index (χ1n) is 8.86. The lowest BCUT2D eigenvalue weighted by molar-refractivity contribution is 0.254. The molecule has 0 aromatic rings. The molecule has 0 amide bonds. The maximum Gasteiger partial charge on any atom is 0.158 e. The molecule has 0 aliphatic heterocycles. The standard InChI is InChI=1S/C20H32F2/c1-5-7-8-15(3)13-17-9-11-19(12-10-17)18(6-2)14-20(22)16(4)21/h6,14-15,17,19H,4-5,7-13H2,1-3H3/b18-6+,20-14+. The van der Waals surface area contributed by atoms with Crippen LogP contribution in [0.25, 0.3) is 0 Å². The molecule has 0 nitrogen and oxygen atoms in total. The van der Waals surface area contributed by atoms with Crippen molar-refractivity contribution in [3.8, 4) is 0 Å². The van der Waals surface area contributed by atoms with E-state index in [1.54, 1.807) is 0 Å². The van der Waals surface area contributed by atoms with Gasteiger partial charge in [-0.05, 0) is 68.4 Å². The summed E-state index contributed by atoms with van der Waals surface area (Å²) >= 11 is 0. The normalized spacial score (nSPS) is 25.1. The molecule has 0 heterocycles. The molecule has 0 spiro atoms. The van der Waals surface area contributed by atoms with E-state index < -0.39 is 11.7 Å². The highest BCUT2D eigenvalue weighted by molar-refractivity contribution is 5.29. The van der Waals surface area contributed by atoms with Crippen molar-refractivity contribution in [1.29, 1.82) is 0 Å². The third kappa shape index (κ3) is 6.46. The smallest absolute Gasteiger partial charge is 0.158 e. The first kappa shape index (κ1) is 19.1. The number of unbranched alkanes of at least 4 members (excludes halogenated alkanes) is 1. The molecule has 1 saturated carbocycles. The van der Waals surface area contributed by atoms with Crippen LogP contribution in [0, 0.1) is 17.8 Å². The monoisotopic (exact) mass is 310 g/mol. The van der Waals surface area contributed by atoms with Crippen molar-refractivity contribution in [2.75, 3.05) is 0 Å². The lowest BCUT2D eigenvalue weighted by Gasteiger charge is -2.31. The lowest BCUT2D eigenvalue weighted by atomic mass is 9.75. The minimum atomic E-state index is -0.974. The van der Waals surface area contributed by atoms with Gasteiger partial charge < -0.3 is 0 Å². The van der Waals surface area contributed by atoms with Gasteiger partial charge in [-0.3, -0.25) is 0 Å². The lowest BCUT2D eigenvalue weighted by Crippen LogP contribution is -2.17. The summed E-state index contributed by atoms with van der Waals surface area (Å²) in [7, 11) is 0. The fourth-order valence-corrected chi connectivity index (χ4v) is 3.63. The maximum atomic E-state index is 13.4. The van der Waals surface area contributed by atoms with Crippen molar-refractivity contribution >= 4 is 0 Å². The van der Waals surface area contributed by atoms with Crippen LogP contribution in [0.15, 0.2) is 36.0 Å². The second kappa shape index (κ2) is 9.97. The van der Waals surface area contributed by atoms with Crippen LogP contribution in [0.1, 0.15) is 72.1 Å². The summed E-state index contributed by atoms with van der Waals surface area (Å²) in [6, 6.07) is 0. The SMILES string of the molecule is C=C(F)/C(F)=C\C(=C/C)C1CCC(CC(C)CCCC)CC1. The van der Waals surface area contributed by atoms with Gasteiger partial charge in [-0.25, -0.2) is 8.78 Å². The zero-order valence-corrected chi connectivity index (χ0v) is 14.5. The number of halogens is 2. The van der Waals surface area contributed by atoms with Crippen molar-refractivity contribution in [2.45, 2.75) is 72.1 Å². The van der Waals surface area contributed by atoms with Gasteiger partial charge in [-0.15, -0.1) is 0 Å². The first-order valence-corrected chi connectivity index (χ1v) is 8.86. The highest BCUT2D eigenvalue weighted by Gasteiger charge is 2.24. The minimum absolute atomic E-state index is 0.372. The van der Waals surface area contributed by atoms with E-state index >= 15 is 0 Å². The van der Waals surface area contributed by atoms with E-state index in [0.717, 1.165) is 30.3 Å². The van der Waals surface area contributed by atoms with Gasteiger partial charge in [0.1, 0.15) is 0 Å². The molecule has 22 heavy (non-hydrogen) atoms. The average Bonchev–Trinajstić information content (AvgIpc) is 2.51. The Kier molecular flexibility index (Phi) is 8.67. The van der Waals surface area contributed by atoms with E-state index in [1.807, 2.05) is 13.0 Å². The minimum Gasteiger partial charge on any atom is -0.204 e. The molecule has 0 radical (unpaired) electrons. The number of hydrogen-bond acceptors (Lipinski definition) is 0. The maximum absolute atomic E-state index is 13.4. The largest absolute Gasteiger partial charge is 0.204 e. The van der Waals surface area contributed by atoms with Crippen LogP contribution in [0.2, 0.25) is 0 Å². The summed E-state index contributed by atoms with van der Waals surface area (Å²) in [6.45, 7) is 9.53. The molecular weight excluding hydrogens is 278 g/mol. The molecule has 1 atom stereocenters. The molecule has 0 N–H and O–H groups in total. The van der Waals surface area contributed by atoms with Crippen molar-refractivity contribution < 1.29 is 8.78 Å². The van der Waals surface area contributed by atoms with Gasteiger partial charge in [0.15, 0.2) is 11.7 Å². The number of rotatable bonds is 8. The third-order valence-corrected chi connectivity index (χ3v) is 4.99. The van der Waals surface area contributed by atoms with E-state index in [4.69, 9.17) is 0 Å². The van der Waals surface area contributed by atoms with Crippen LogP contribution in [-0.4, -0.2) is 0 Å². The zero-order chi connectivity index (χ0) is 16.5. The van der Waals surface area contributed by atoms with Gasteiger partial charge in [0.2, 0.25) is 0 Å². The van der Waals surface area contributed by atoms with E-state index in [-0.39, 0.29) is 0 Å². The molecule has 1 fully saturated rings. The van der Waals surface area contributed by atoms with Crippen molar-refractivity contribution in [3.05, 3.63) is 36.0 Å². The molecule has 0 aromatic heterocycles. The Bertz CT molecular complexity index is 398. The highest BCUT2D eigenvalue weighted by atomic mass is 19.2. The molecular formula is C20H32F2. The summed E-state index contributed by atoms with van der Waals surface area (Å²) < 4.78 is 26.2. The average molecular weight is 310 g/mol. The first-order chi connectivity index (χ1) is 10.5. The Hall–Kier alpha value is -0.920. The Morgan fingerprint density at radius 3 is 2.36 bits per heavy atom.